The molecule has 1 unspecified atom stereocenters. The van der Waals surface area contributed by atoms with Crippen LogP contribution >= 0.6 is 0 Å². The summed E-state index contributed by atoms with van der Waals surface area (Å²) in [6.07, 6.45) is 0.868. The van der Waals surface area contributed by atoms with Gasteiger partial charge in [0.05, 0.1) is 32.5 Å². The SMILES string of the molecule is O=C1CCN(CC2COCCO2)C1. The predicted molar refractivity (Wildman–Crippen MR) is 46.6 cm³/mol. The number of nitrogens with zero attached hydrogens (tertiary/aromatic N) is 1. The van der Waals surface area contributed by atoms with Gasteiger partial charge in [-0.15, -0.1) is 0 Å². The maximum Gasteiger partial charge on any atom is 0.148 e. The highest BCUT2D eigenvalue weighted by atomic mass is 16.6. The van der Waals surface area contributed by atoms with Gasteiger partial charge in [-0.3, -0.25) is 9.69 Å². The van der Waals surface area contributed by atoms with E-state index in [4.69, 9.17) is 9.47 Å². The molecule has 2 aliphatic heterocycles. The molecule has 1 atom stereocenters. The molecule has 2 heterocycles. The van der Waals surface area contributed by atoms with Gasteiger partial charge >= 0.3 is 0 Å². The number of ether oxygens (including phenoxy) is 2. The first kappa shape index (κ1) is 9.12. The zero-order chi connectivity index (χ0) is 9.10. The molecule has 0 aliphatic carbocycles. The second-order valence-corrected chi connectivity index (χ2v) is 3.59. The normalized spacial score (nSPS) is 31.1. The Kier molecular flexibility index (Phi) is 2.93. The van der Waals surface area contributed by atoms with Gasteiger partial charge in [-0.05, 0) is 0 Å². The molecule has 74 valence electrons. The molecule has 0 bridgehead atoms. The molecule has 4 heteroatoms. The van der Waals surface area contributed by atoms with Crippen molar-refractivity contribution in [1.29, 1.82) is 0 Å². The second-order valence-electron chi connectivity index (χ2n) is 3.59. The van der Waals surface area contributed by atoms with E-state index >= 15 is 0 Å². The highest BCUT2D eigenvalue weighted by Gasteiger charge is 2.23. The molecule has 0 aromatic carbocycles. The van der Waals surface area contributed by atoms with Gasteiger partial charge in [0.2, 0.25) is 0 Å². The first-order valence-corrected chi connectivity index (χ1v) is 4.78. The van der Waals surface area contributed by atoms with Crippen LogP contribution in [-0.4, -0.2) is 56.2 Å². The van der Waals surface area contributed by atoms with E-state index in [1.807, 2.05) is 0 Å². The molecule has 0 radical (unpaired) electrons. The lowest BCUT2D eigenvalue weighted by atomic mass is 10.3. The van der Waals surface area contributed by atoms with Crippen molar-refractivity contribution in [2.24, 2.45) is 0 Å². The van der Waals surface area contributed by atoms with Crippen LogP contribution in [0.25, 0.3) is 0 Å². The maximum absolute atomic E-state index is 11.0. The average Bonchev–Trinajstić information content (AvgIpc) is 2.53. The van der Waals surface area contributed by atoms with E-state index < -0.39 is 0 Å². The summed E-state index contributed by atoms with van der Waals surface area (Å²) in [5.41, 5.74) is 0. The van der Waals surface area contributed by atoms with E-state index in [-0.39, 0.29) is 6.10 Å². The lowest BCUT2D eigenvalue weighted by Crippen LogP contribution is -2.39. The highest BCUT2D eigenvalue weighted by Crippen LogP contribution is 2.08. The predicted octanol–water partition coefficient (Wildman–Crippen LogP) is -0.323. The van der Waals surface area contributed by atoms with E-state index in [1.54, 1.807) is 0 Å². The summed E-state index contributed by atoms with van der Waals surface area (Å²) in [7, 11) is 0. The fourth-order valence-corrected chi connectivity index (χ4v) is 1.78. The van der Waals surface area contributed by atoms with Crippen molar-refractivity contribution in [2.75, 3.05) is 39.5 Å². The third kappa shape index (κ3) is 2.49. The Balaban J connectivity index is 1.73. The molecule has 0 spiro atoms. The van der Waals surface area contributed by atoms with Crippen LogP contribution in [0.2, 0.25) is 0 Å². The van der Waals surface area contributed by atoms with Crippen LogP contribution in [0.1, 0.15) is 6.42 Å². The third-order valence-electron chi connectivity index (χ3n) is 2.45. The van der Waals surface area contributed by atoms with Crippen LogP contribution < -0.4 is 0 Å². The minimum absolute atomic E-state index is 0.166. The van der Waals surface area contributed by atoms with Gasteiger partial charge in [0.1, 0.15) is 5.78 Å². The number of carbonyl (C=O) groups excluding carboxylic acids is 1. The standard InChI is InChI=1S/C9H15NO3/c11-8-1-2-10(5-8)6-9-7-12-3-4-13-9/h9H,1-7H2. The van der Waals surface area contributed by atoms with Crippen LogP contribution in [0.4, 0.5) is 0 Å². The van der Waals surface area contributed by atoms with Crippen molar-refractivity contribution < 1.29 is 14.3 Å². The van der Waals surface area contributed by atoms with Gasteiger partial charge in [0, 0.05) is 19.5 Å². The zero-order valence-corrected chi connectivity index (χ0v) is 7.70. The van der Waals surface area contributed by atoms with Gasteiger partial charge < -0.3 is 9.47 Å². The first-order chi connectivity index (χ1) is 6.34. The Bertz CT molecular complexity index is 189. The number of Topliss-reactive ketones (excluding diaryl/α,β-unsaturated/α-hetero) is 1. The topological polar surface area (TPSA) is 38.8 Å². The van der Waals surface area contributed by atoms with Gasteiger partial charge in [-0.2, -0.15) is 0 Å². The van der Waals surface area contributed by atoms with Crippen molar-refractivity contribution >= 4 is 5.78 Å². The molecule has 4 nitrogen and oxygen atoms in total. The van der Waals surface area contributed by atoms with E-state index in [0.29, 0.717) is 38.6 Å². The number of hydrogen-bond acceptors (Lipinski definition) is 4. The fraction of sp³-hybridized carbons (Fsp3) is 0.889. The van der Waals surface area contributed by atoms with Gasteiger partial charge in [0.25, 0.3) is 0 Å². The number of hydrogen-bond donors (Lipinski definition) is 0. The van der Waals surface area contributed by atoms with Gasteiger partial charge in [0.15, 0.2) is 0 Å². The minimum Gasteiger partial charge on any atom is -0.376 e. The molecular weight excluding hydrogens is 170 g/mol. The molecule has 0 saturated carbocycles. The highest BCUT2D eigenvalue weighted by molar-refractivity contribution is 5.82. The van der Waals surface area contributed by atoms with E-state index in [0.717, 1.165) is 13.1 Å². The molecule has 0 aromatic rings. The number of ketones is 1. The lowest BCUT2D eigenvalue weighted by Gasteiger charge is -2.26. The Morgan fingerprint density at radius 3 is 3.00 bits per heavy atom. The molecular formula is C9H15NO3. The minimum atomic E-state index is 0.166. The van der Waals surface area contributed by atoms with Crippen LogP contribution in [0.5, 0.6) is 0 Å². The zero-order valence-electron chi connectivity index (χ0n) is 7.70. The molecule has 0 amide bonds. The Morgan fingerprint density at radius 2 is 2.38 bits per heavy atom. The molecule has 13 heavy (non-hydrogen) atoms. The largest absolute Gasteiger partial charge is 0.376 e. The average molecular weight is 185 g/mol. The Labute approximate surface area is 77.8 Å². The van der Waals surface area contributed by atoms with E-state index in [2.05, 4.69) is 4.90 Å². The molecule has 0 aromatic heterocycles. The first-order valence-electron chi connectivity index (χ1n) is 4.78. The second kappa shape index (κ2) is 4.17. The summed E-state index contributed by atoms with van der Waals surface area (Å²) in [6, 6.07) is 0. The van der Waals surface area contributed by atoms with Gasteiger partial charge in [-0.25, -0.2) is 0 Å². The number of rotatable bonds is 2. The summed E-state index contributed by atoms with van der Waals surface area (Å²) in [4.78, 5) is 13.1. The smallest absolute Gasteiger partial charge is 0.148 e. The van der Waals surface area contributed by atoms with Crippen LogP contribution in [0.15, 0.2) is 0 Å². The Morgan fingerprint density at radius 1 is 1.46 bits per heavy atom. The monoisotopic (exact) mass is 185 g/mol. The summed E-state index contributed by atoms with van der Waals surface area (Å²) in [5.74, 6) is 0.344. The summed E-state index contributed by atoms with van der Waals surface area (Å²) in [5, 5.41) is 0. The van der Waals surface area contributed by atoms with Crippen molar-refractivity contribution in [2.45, 2.75) is 12.5 Å². The maximum atomic E-state index is 11.0. The molecule has 0 N–H and O–H groups in total. The fourth-order valence-electron chi connectivity index (χ4n) is 1.78. The summed E-state index contributed by atoms with van der Waals surface area (Å²) in [6.45, 7) is 4.39. The molecule has 2 aliphatic rings. The van der Waals surface area contributed by atoms with Crippen molar-refractivity contribution in [3.05, 3.63) is 0 Å². The Hall–Kier alpha value is -0.450. The molecule has 2 rings (SSSR count). The summed E-state index contributed by atoms with van der Waals surface area (Å²) >= 11 is 0. The van der Waals surface area contributed by atoms with Crippen molar-refractivity contribution in [3.63, 3.8) is 0 Å². The van der Waals surface area contributed by atoms with E-state index in [1.165, 1.54) is 0 Å². The lowest BCUT2D eigenvalue weighted by molar-refractivity contribution is -0.117. The molecule has 2 saturated heterocycles. The third-order valence-corrected chi connectivity index (χ3v) is 2.45. The summed E-state index contributed by atoms with van der Waals surface area (Å²) < 4.78 is 10.8. The van der Waals surface area contributed by atoms with Crippen LogP contribution in [0.3, 0.4) is 0 Å². The van der Waals surface area contributed by atoms with E-state index in [9.17, 15) is 4.79 Å². The quantitative estimate of drug-likeness (QED) is 0.591. The number of carbonyl (C=O) groups is 1. The molecule has 2 fully saturated rings. The van der Waals surface area contributed by atoms with Crippen LogP contribution in [-0.2, 0) is 14.3 Å². The van der Waals surface area contributed by atoms with Crippen molar-refractivity contribution in [1.82, 2.24) is 4.90 Å². The van der Waals surface area contributed by atoms with Gasteiger partial charge in [-0.1, -0.05) is 0 Å². The van der Waals surface area contributed by atoms with Crippen LogP contribution in [0, 0.1) is 0 Å². The van der Waals surface area contributed by atoms with Crippen molar-refractivity contribution in [3.8, 4) is 0 Å². The number of likely N-dealkylation sites (tertiary alicyclic amines) is 1.